The van der Waals surface area contributed by atoms with Gasteiger partial charge >= 0.3 is 11.9 Å². The van der Waals surface area contributed by atoms with Crippen LogP contribution in [0, 0.1) is 23.7 Å². The van der Waals surface area contributed by atoms with Gasteiger partial charge in [-0.15, -0.1) is 11.8 Å². The highest BCUT2D eigenvalue weighted by Crippen LogP contribution is 2.57. The van der Waals surface area contributed by atoms with Crippen LogP contribution >= 0.6 is 11.8 Å². The molecule has 1 N–H and O–H groups in total. The van der Waals surface area contributed by atoms with Crippen LogP contribution in [0.25, 0.3) is 0 Å². The smallest absolute Gasteiger partial charge is 0.317 e. The van der Waals surface area contributed by atoms with Gasteiger partial charge < -0.3 is 9.84 Å². The molecule has 0 spiro atoms. The summed E-state index contributed by atoms with van der Waals surface area (Å²) in [4.78, 5) is 25.6. The van der Waals surface area contributed by atoms with Crippen molar-refractivity contribution in [1.29, 1.82) is 0 Å². The maximum absolute atomic E-state index is 12.3. The zero-order valence-electron chi connectivity index (χ0n) is 18.2. The quantitative estimate of drug-likeness (QED) is 0.531. The molecule has 0 aromatic heterocycles. The Hall–Kier alpha value is -1.49. The van der Waals surface area contributed by atoms with E-state index in [9.17, 15) is 14.7 Å². The monoisotopic (exact) mass is 416 g/mol. The molecule has 1 aliphatic heterocycles. The van der Waals surface area contributed by atoms with E-state index in [1.807, 2.05) is 11.8 Å². The molecular weight excluding hydrogens is 384 g/mol. The van der Waals surface area contributed by atoms with Crippen molar-refractivity contribution in [3.8, 4) is 5.75 Å². The topological polar surface area (TPSA) is 63.6 Å². The second kappa shape index (κ2) is 6.76. The highest BCUT2D eigenvalue weighted by atomic mass is 32.2. The van der Waals surface area contributed by atoms with E-state index in [1.165, 1.54) is 0 Å². The van der Waals surface area contributed by atoms with Crippen molar-refractivity contribution in [3.05, 3.63) is 23.3 Å². The Morgan fingerprint density at radius 2 is 1.48 bits per heavy atom. The van der Waals surface area contributed by atoms with Gasteiger partial charge in [-0.05, 0) is 54.1 Å². The average molecular weight is 417 g/mol. The van der Waals surface area contributed by atoms with Gasteiger partial charge in [-0.2, -0.15) is 0 Å². The third-order valence-corrected chi connectivity index (χ3v) is 8.32. The molecule has 1 saturated heterocycles. The Kier molecular flexibility index (Phi) is 4.84. The number of ether oxygens (including phenoxy) is 1. The number of aromatic hydroxyl groups is 1. The summed E-state index contributed by atoms with van der Waals surface area (Å²) in [7, 11) is 0. The van der Waals surface area contributed by atoms with E-state index >= 15 is 0 Å². The van der Waals surface area contributed by atoms with Gasteiger partial charge in [-0.1, -0.05) is 41.5 Å². The molecule has 5 rings (SSSR count). The molecule has 29 heavy (non-hydrogen) atoms. The summed E-state index contributed by atoms with van der Waals surface area (Å²) in [6.07, 6.45) is 2.96. The molecule has 1 heterocycles. The van der Waals surface area contributed by atoms with Crippen LogP contribution in [-0.2, 0) is 25.2 Å². The number of phenolic OH excluding ortho intramolecular Hbond substituents is 1. The van der Waals surface area contributed by atoms with Crippen LogP contribution in [0.1, 0.15) is 71.9 Å². The van der Waals surface area contributed by atoms with E-state index in [1.54, 1.807) is 0 Å². The Labute approximate surface area is 177 Å². The molecule has 1 aromatic carbocycles. The van der Waals surface area contributed by atoms with E-state index in [-0.39, 0.29) is 46.4 Å². The van der Waals surface area contributed by atoms with Crippen molar-refractivity contribution in [2.24, 2.45) is 23.7 Å². The maximum Gasteiger partial charge on any atom is 0.317 e. The van der Waals surface area contributed by atoms with Gasteiger partial charge in [-0.25, -0.2) is 0 Å². The molecule has 5 unspecified atom stereocenters. The number of esters is 2. The lowest BCUT2D eigenvalue weighted by Crippen LogP contribution is -2.47. The number of hydrogen-bond acceptors (Lipinski definition) is 5. The number of carbonyl (C=O) groups is 2. The fraction of sp³-hybridized carbons (Fsp3) is 0.667. The molecule has 4 nitrogen and oxygen atoms in total. The van der Waals surface area contributed by atoms with Crippen LogP contribution in [0.2, 0.25) is 0 Å². The fourth-order valence-corrected chi connectivity index (χ4v) is 7.05. The lowest BCUT2D eigenvalue weighted by atomic mass is 9.59. The Morgan fingerprint density at radius 3 is 2.03 bits per heavy atom. The summed E-state index contributed by atoms with van der Waals surface area (Å²) in [5, 5.41) is 11.3. The first-order valence-corrected chi connectivity index (χ1v) is 11.6. The van der Waals surface area contributed by atoms with Crippen LogP contribution in [0.4, 0.5) is 0 Å². The predicted octanol–water partition coefficient (Wildman–Crippen LogP) is 5.19. The lowest BCUT2D eigenvalue weighted by Gasteiger charge is -2.47. The minimum Gasteiger partial charge on any atom is -0.507 e. The molecule has 0 amide bonds. The Bertz CT molecular complexity index is 826. The number of thioether (sulfide) groups is 1. The highest BCUT2D eigenvalue weighted by molar-refractivity contribution is 8.00. The normalized spacial score (nSPS) is 31.7. The number of hydrogen-bond donors (Lipinski definition) is 1. The first kappa shape index (κ1) is 20.8. The number of cyclic esters (lactones) is 2. The number of phenols is 1. The van der Waals surface area contributed by atoms with Crippen molar-refractivity contribution in [2.75, 3.05) is 0 Å². The maximum atomic E-state index is 12.3. The SMILES string of the molecule is CC(C)(C)c1cc(SC2CC3CCC2C2C(=O)OC(=O)C32)cc(C(C)(C)C)c1O. The zero-order chi connectivity index (χ0) is 21.3. The molecule has 2 bridgehead atoms. The van der Waals surface area contributed by atoms with E-state index in [0.29, 0.717) is 11.0 Å². The number of carbonyl (C=O) groups excluding carboxylic acids is 2. The van der Waals surface area contributed by atoms with E-state index in [0.717, 1.165) is 35.3 Å². The second-order valence-corrected chi connectivity index (χ2v) is 12.4. The van der Waals surface area contributed by atoms with Crippen LogP contribution in [0.3, 0.4) is 0 Å². The summed E-state index contributed by atoms with van der Waals surface area (Å²) < 4.78 is 5.01. The fourth-order valence-electron chi connectivity index (χ4n) is 5.51. The van der Waals surface area contributed by atoms with Gasteiger partial charge in [0.25, 0.3) is 0 Å². The third kappa shape index (κ3) is 3.49. The van der Waals surface area contributed by atoms with Crippen molar-refractivity contribution < 1.29 is 19.4 Å². The summed E-state index contributed by atoms with van der Waals surface area (Å²) in [6, 6.07) is 4.24. The lowest BCUT2D eigenvalue weighted by molar-refractivity contribution is -0.154. The van der Waals surface area contributed by atoms with Crippen LogP contribution in [-0.4, -0.2) is 22.3 Å². The average Bonchev–Trinajstić information content (AvgIpc) is 2.91. The van der Waals surface area contributed by atoms with Gasteiger partial charge in [0.1, 0.15) is 5.75 Å². The van der Waals surface area contributed by atoms with Gasteiger partial charge in [0, 0.05) is 21.3 Å². The standard InChI is InChI=1S/C24H32O4S/c1-23(2,3)15-10-13(11-16(20(15)25)24(4,5)6)29-17-9-12-7-8-14(17)19-18(12)21(26)28-22(19)27/h10-12,14,17-19,25H,7-9H2,1-6H3. The zero-order valence-corrected chi connectivity index (χ0v) is 19.1. The highest BCUT2D eigenvalue weighted by Gasteiger charge is 2.59. The molecule has 4 fully saturated rings. The van der Waals surface area contributed by atoms with E-state index < -0.39 is 0 Å². The van der Waals surface area contributed by atoms with Crippen LogP contribution in [0.15, 0.2) is 17.0 Å². The van der Waals surface area contributed by atoms with Gasteiger partial charge in [0.15, 0.2) is 0 Å². The molecule has 3 aliphatic carbocycles. The molecule has 5 atom stereocenters. The van der Waals surface area contributed by atoms with Gasteiger partial charge in [0.2, 0.25) is 0 Å². The first-order chi connectivity index (χ1) is 13.4. The van der Waals surface area contributed by atoms with Crippen molar-refractivity contribution in [1.82, 2.24) is 0 Å². The van der Waals surface area contributed by atoms with Gasteiger partial charge in [0.05, 0.1) is 11.8 Å². The number of benzene rings is 1. The predicted molar refractivity (Wildman–Crippen MR) is 114 cm³/mol. The summed E-state index contributed by atoms with van der Waals surface area (Å²) in [5.41, 5.74) is 1.58. The molecular formula is C24H32O4S. The number of rotatable bonds is 2. The third-order valence-electron chi connectivity index (χ3n) is 6.97. The Balaban J connectivity index is 1.68. The van der Waals surface area contributed by atoms with Crippen LogP contribution < -0.4 is 0 Å². The van der Waals surface area contributed by atoms with Gasteiger partial charge in [-0.3, -0.25) is 9.59 Å². The minimum atomic E-state index is -0.309. The van der Waals surface area contributed by atoms with Crippen molar-refractivity contribution >= 4 is 23.7 Å². The van der Waals surface area contributed by atoms with Crippen molar-refractivity contribution in [2.45, 2.75) is 81.8 Å². The molecule has 158 valence electrons. The molecule has 3 saturated carbocycles. The second-order valence-electron chi connectivity index (χ2n) is 11.1. The van der Waals surface area contributed by atoms with Crippen LogP contribution in [0.5, 0.6) is 5.75 Å². The van der Waals surface area contributed by atoms with E-state index in [2.05, 4.69) is 53.7 Å². The first-order valence-electron chi connectivity index (χ1n) is 10.7. The molecule has 0 radical (unpaired) electrons. The Morgan fingerprint density at radius 1 is 0.931 bits per heavy atom. The van der Waals surface area contributed by atoms with E-state index in [4.69, 9.17) is 4.74 Å². The molecule has 1 aromatic rings. The minimum absolute atomic E-state index is 0.168. The largest absolute Gasteiger partial charge is 0.507 e. The molecule has 4 aliphatic rings. The molecule has 5 heteroatoms. The number of fused-ring (bicyclic) bond motifs is 2. The summed E-state index contributed by atoms with van der Waals surface area (Å²) in [5.74, 6) is -0.238. The van der Waals surface area contributed by atoms with Crippen molar-refractivity contribution in [3.63, 3.8) is 0 Å². The summed E-state index contributed by atoms with van der Waals surface area (Å²) in [6.45, 7) is 12.7. The summed E-state index contributed by atoms with van der Waals surface area (Å²) >= 11 is 1.82.